The Balaban J connectivity index is 1.43. The first-order valence-electron chi connectivity index (χ1n) is 8.25. The van der Waals surface area contributed by atoms with Crippen LogP contribution in [0.1, 0.15) is 25.8 Å². The minimum absolute atomic E-state index is 0.0276. The molecule has 2 amide bonds. The molecule has 0 unspecified atom stereocenters. The molecular weight excluding hydrogens is 336 g/mol. The molecule has 1 aliphatic heterocycles. The van der Waals surface area contributed by atoms with Crippen LogP contribution in [0.4, 0.5) is 0 Å². The maximum atomic E-state index is 12.7. The van der Waals surface area contributed by atoms with Crippen LogP contribution in [0, 0.1) is 6.92 Å². The van der Waals surface area contributed by atoms with Crippen LogP contribution in [0.5, 0.6) is 0 Å². The summed E-state index contributed by atoms with van der Waals surface area (Å²) in [5, 5.41) is 1.10. The van der Waals surface area contributed by atoms with Gasteiger partial charge in [0.15, 0.2) is 0 Å². The molecule has 0 saturated carbocycles. The number of aryl methyl sites for hydroxylation is 1. The van der Waals surface area contributed by atoms with Crippen molar-refractivity contribution in [3.63, 3.8) is 0 Å². The lowest BCUT2D eigenvalue weighted by Gasteiger charge is -2.34. The number of furan rings is 1. The van der Waals surface area contributed by atoms with E-state index < -0.39 is 0 Å². The molecule has 0 atom stereocenters. The third-order valence-corrected chi connectivity index (χ3v) is 5.68. The highest BCUT2D eigenvalue weighted by molar-refractivity contribution is 7.20. The number of amides is 2. The Morgan fingerprint density at radius 1 is 1.00 bits per heavy atom. The van der Waals surface area contributed by atoms with Gasteiger partial charge in [-0.1, -0.05) is 18.2 Å². The lowest BCUT2D eigenvalue weighted by atomic mass is 10.2. The van der Waals surface area contributed by atoms with Crippen LogP contribution < -0.4 is 0 Å². The summed E-state index contributed by atoms with van der Waals surface area (Å²) in [5.74, 6) is 0.654. The molecular formula is C19H18N2O3S. The fourth-order valence-corrected chi connectivity index (χ4v) is 4.16. The van der Waals surface area contributed by atoms with E-state index in [1.807, 2.05) is 35.2 Å². The molecule has 0 radical (unpaired) electrons. The summed E-state index contributed by atoms with van der Waals surface area (Å²) in [7, 11) is 0. The van der Waals surface area contributed by atoms with E-state index in [1.54, 1.807) is 17.9 Å². The van der Waals surface area contributed by atoms with Gasteiger partial charge in [-0.3, -0.25) is 9.59 Å². The quantitative estimate of drug-likeness (QED) is 0.709. The molecule has 3 heterocycles. The maximum absolute atomic E-state index is 12.7. The predicted octanol–water partition coefficient (Wildman–Crippen LogP) is 3.40. The third kappa shape index (κ3) is 2.93. The van der Waals surface area contributed by atoms with Crippen molar-refractivity contribution in [2.24, 2.45) is 0 Å². The average molecular weight is 354 g/mol. The number of fused-ring (bicyclic) bond motifs is 1. The summed E-state index contributed by atoms with van der Waals surface area (Å²) in [4.78, 5) is 29.6. The van der Waals surface area contributed by atoms with Crippen molar-refractivity contribution in [2.45, 2.75) is 6.92 Å². The molecule has 1 fully saturated rings. The van der Waals surface area contributed by atoms with Gasteiger partial charge in [0.05, 0.1) is 16.7 Å². The zero-order valence-corrected chi connectivity index (χ0v) is 14.7. The van der Waals surface area contributed by atoms with Gasteiger partial charge >= 0.3 is 0 Å². The molecule has 1 aliphatic rings. The molecule has 0 aliphatic carbocycles. The van der Waals surface area contributed by atoms with Crippen LogP contribution in [-0.2, 0) is 0 Å². The number of carbonyl (C=O) groups excluding carboxylic acids is 2. The van der Waals surface area contributed by atoms with Crippen molar-refractivity contribution in [1.82, 2.24) is 9.80 Å². The zero-order chi connectivity index (χ0) is 17.4. The van der Waals surface area contributed by atoms with E-state index in [-0.39, 0.29) is 11.8 Å². The van der Waals surface area contributed by atoms with Gasteiger partial charge in [0.2, 0.25) is 0 Å². The van der Waals surface area contributed by atoms with Crippen LogP contribution in [0.15, 0.2) is 47.1 Å². The number of hydrogen-bond acceptors (Lipinski definition) is 4. The third-order valence-electron chi connectivity index (χ3n) is 4.58. The van der Waals surface area contributed by atoms with E-state index in [0.717, 1.165) is 15.0 Å². The van der Waals surface area contributed by atoms with Gasteiger partial charge in [0.25, 0.3) is 11.8 Å². The summed E-state index contributed by atoms with van der Waals surface area (Å²) in [6.07, 6.45) is 1.53. The normalized spacial score (nSPS) is 14.9. The first kappa shape index (κ1) is 15.9. The Hall–Kier alpha value is -2.60. The van der Waals surface area contributed by atoms with Crippen LogP contribution in [0.2, 0.25) is 0 Å². The Kier molecular flexibility index (Phi) is 4.05. The number of carbonyl (C=O) groups is 2. The summed E-state index contributed by atoms with van der Waals surface area (Å²) in [6, 6.07) is 11.7. The second-order valence-electron chi connectivity index (χ2n) is 6.12. The molecule has 6 heteroatoms. The first-order valence-corrected chi connectivity index (χ1v) is 9.06. The maximum Gasteiger partial charge on any atom is 0.264 e. The van der Waals surface area contributed by atoms with Crippen LogP contribution in [0.25, 0.3) is 10.1 Å². The van der Waals surface area contributed by atoms with E-state index in [0.29, 0.717) is 37.5 Å². The summed E-state index contributed by atoms with van der Waals surface area (Å²) < 4.78 is 6.33. The van der Waals surface area contributed by atoms with Gasteiger partial charge < -0.3 is 14.2 Å². The molecule has 0 bridgehead atoms. The fourth-order valence-electron chi connectivity index (χ4n) is 3.13. The van der Waals surface area contributed by atoms with Crippen molar-refractivity contribution < 1.29 is 14.0 Å². The zero-order valence-electron chi connectivity index (χ0n) is 13.9. The summed E-state index contributed by atoms with van der Waals surface area (Å²) >= 11 is 1.52. The number of thiophene rings is 1. The Bertz CT molecular complexity index is 902. The number of rotatable bonds is 2. The highest BCUT2D eigenvalue weighted by atomic mass is 32.1. The number of hydrogen-bond donors (Lipinski definition) is 0. The lowest BCUT2D eigenvalue weighted by molar-refractivity contribution is 0.0537. The molecule has 3 aromatic rings. The standard InChI is InChI=1S/C19H18N2O3S/c1-13-15(6-11-24-13)18(22)20-7-9-21(10-8-20)19(23)17-12-14-4-2-3-5-16(14)25-17/h2-6,11-12H,7-10H2,1H3. The van der Waals surface area contributed by atoms with Gasteiger partial charge in [-0.25, -0.2) is 0 Å². The second kappa shape index (κ2) is 6.37. The minimum Gasteiger partial charge on any atom is -0.469 e. The molecule has 2 aromatic heterocycles. The van der Waals surface area contributed by atoms with E-state index in [9.17, 15) is 9.59 Å². The smallest absolute Gasteiger partial charge is 0.264 e. The molecule has 5 nitrogen and oxygen atoms in total. The van der Waals surface area contributed by atoms with E-state index in [4.69, 9.17) is 4.42 Å². The van der Waals surface area contributed by atoms with Crippen LogP contribution >= 0.6 is 11.3 Å². The van der Waals surface area contributed by atoms with E-state index in [1.165, 1.54) is 17.6 Å². The molecule has 0 spiro atoms. The molecule has 0 N–H and O–H groups in total. The van der Waals surface area contributed by atoms with Crippen LogP contribution in [0.3, 0.4) is 0 Å². The van der Waals surface area contributed by atoms with Crippen molar-refractivity contribution in [3.8, 4) is 0 Å². The Labute approximate surface area is 149 Å². The van der Waals surface area contributed by atoms with Crippen molar-refractivity contribution >= 4 is 33.2 Å². The van der Waals surface area contributed by atoms with Crippen molar-refractivity contribution in [1.29, 1.82) is 0 Å². The Morgan fingerprint density at radius 2 is 1.68 bits per heavy atom. The predicted molar refractivity (Wildman–Crippen MR) is 97.1 cm³/mol. The van der Waals surface area contributed by atoms with Crippen molar-refractivity contribution in [3.05, 3.63) is 58.9 Å². The molecule has 128 valence electrons. The second-order valence-corrected chi connectivity index (χ2v) is 7.21. The monoisotopic (exact) mass is 354 g/mol. The van der Waals surface area contributed by atoms with Gasteiger partial charge in [-0.05, 0) is 30.5 Å². The molecule has 25 heavy (non-hydrogen) atoms. The van der Waals surface area contributed by atoms with E-state index >= 15 is 0 Å². The SMILES string of the molecule is Cc1occc1C(=O)N1CCN(C(=O)c2cc3ccccc3s2)CC1. The highest BCUT2D eigenvalue weighted by Gasteiger charge is 2.27. The topological polar surface area (TPSA) is 53.8 Å². The van der Waals surface area contributed by atoms with Gasteiger partial charge in [0.1, 0.15) is 5.76 Å². The Morgan fingerprint density at radius 3 is 2.32 bits per heavy atom. The fraction of sp³-hybridized carbons (Fsp3) is 0.263. The van der Waals surface area contributed by atoms with Gasteiger partial charge in [-0.15, -0.1) is 11.3 Å². The molecule has 4 rings (SSSR count). The molecule has 1 saturated heterocycles. The van der Waals surface area contributed by atoms with E-state index in [2.05, 4.69) is 0 Å². The van der Waals surface area contributed by atoms with Crippen LogP contribution in [-0.4, -0.2) is 47.8 Å². The van der Waals surface area contributed by atoms with Gasteiger partial charge in [-0.2, -0.15) is 0 Å². The minimum atomic E-state index is -0.0276. The number of nitrogens with zero attached hydrogens (tertiary/aromatic N) is 2. The lowest BCUT2D eigenvalue weighted by Crippen LogP contribution is -2.50. The average Bonchev–Trinajstić information content (AvgIpc) is 3.26. The largest absolute Gasteiger partial charge is 0.469 e. The highest BCUT2D eigenvalue weighted by Crippen LogP contribution is 2.26. The summed E-state index contributed by atoms with van der Waals surface area (Å²) in [6.45, 7) is 3.97. The molecule has 1 aromatic carbocycles. The number of piperazine rings is 1. The van der Waals surface area contributed by atoms with Gasteiger partial charge in [0, 0.05) is 30.9 Å². The van der Waals surface area contributed by atoms with Crippen molar-refractivity contribution in [2.75, 3.05) is 26.2 Å². The first-order chi connectivity index (χ1) is 12.1. The number of benzene rings is 1. The summed E-state index contributed by atoms with van der Waals surface area (Å²) in [5.41, 5.74) is 0.601.